The Bertz CT molecular complexity index is 1260. The largest absolute Gasteiger partial charge is 0.445 e. The number of rotatable bonds is 13. The minimum Gasteiger partial charge on any atom is -0.445 e. The van der Waals surface area contributed by atoms with E-state index in [1.165, 1.54) is 9.87 Å². The minimum absolute atomic E-state index is 0.108. The number of piperidine rings is 1. The second kappa shape index (κ2) is 14.8. The number of hydrogen-bond donors (Lipinski definition) is 0. The minimum atomic E-state index is -3.55. The molecular formula is C31H41N3O4S2. The zero-order valence-corrected chi connectivity index (χ0v) is 25.2. The molecule has 1 aliphatic rings. The standard InChI is InChI=1S/C31H41N3O4S2/c1-3-18-34(31(35)38-24-26-10-6-4-7-11-26)29-15-20-33(21-16-29)19-14-27(28-17-22-39-25-28)23-32(2)40(36,37)30-12-8-5-9-13-30/h4-13,17,22,25,27,29H,3,14-16,18-21,23-24H2,1-2H3. The third-order valence-corrected chi connectivity index (χ3v) is 10.2. The molecule has 1 atom stereocenters. The van der Waals surface area contributed by atoms with Gasteiger partial charge in [-0.2, -0.15) is 11.3 Å². The van der Waals surface area contributed by atoms with Crippen molar-refractivity contribution >= 4 is 27.5 Å². The van der Waals surface area contributed by atoms with Crippen molar-refractivity contribution in [2.24, 2.45) is 0 Å². The van der Waals surface area contributed by atoms with Gasteiger partial charge in [0, 0.05) is 39.3 Å². The zero-order chi connectivity index (χ0) is 28.4. The highest BCUT2D eigenvalue weighted by atomic mass is 32.2. The Morgan fingerprint density at radius 2 is 1.73 bits per heavy atom. The van der Waals surface area contributed by atoms with E-state index >= 15 is 0 Å². The second-order valence-corrected chi connectivity index (χ2v) is 13.3. The summed E-state index contributed by atoms with van der Waals surface area (Å²) in [5.74, 6) is 0.108. The maximum atomic E-state index is 13.2. The molecule has 0 N–H and O–H groups in total. The number of amides is 1. The monoisotopic (exact) mass is 583 g/mol. The molecule has 0 saturated carbocycles. The summed E-state index contributed by atoms with van der Waals surface area (Å²) in [5, 5.41) is 4.18. The number of likely N-dealkylation sites (N-methyl/N-ethyl adjacent to an activating group) is 1. The Kier molecular flexibility index (Phi) is 11.2. The van der Waals surface area contributed by atoms with Crippen LogP contribution >= 0.6 is 11.3 Å². The van der Waals surface area contributed by atoms with Crippen LogP contribution in [0.25, 0.3) is 0 Å². The number of hydrogen-bond acceptors (Lipinski definition) is 6. The fourth-order valence-electron chi connectivity index (χ4n) is 5.31. The number of carbonyl (C=O) groups is 1. The van der Waals surface area contributed by atoms with Crippen LogP contribution in [0.1, 0.15) is 49.7 Å². The lowest BCUT2D eigenvalue weighted by atomic mass is 9.97. The molecule has 1 saturated heterocycles. The first-order valence-corrected chi connectivity index (χ1v) is 16.5. The van der Waals surface area contributed by atoms with Crippen molar-refractivity contribution in [1.82, 2.24) is 14.1 Å². The van der Waals surface area contributed by atoms with Gasteiger partial charge in [0.2, 0.25) is 10.0 Å². The molecule has 0 aliphatic carbocycles. The molecule has 3 aromatic rings. The molecule has 40 heavy (non-hydrogen) atoms. The topological polar surface area (TPSA) is 70.2 Å². The normalized spacial score (nSPS) is 15.7. The van der Waals surface area contributed by atoms with Crippen molar-refractivity contribution in [3.63, 3.8) is 0 Å². The molecule has 2 aromatic carbocycles. The molecule has 2 heterocycles. The maximum Gasteiger partial charge on any atom is 0.410 e. The van der Waals surface area contributed by atoms with Crippen LogP contribution in [0.15, 0.2) is 82.4 Å². The summed E-state index contributed by atoms with van der Waals surface area (Å²) in [6.45, 7) is 6.21. The van der Waals surface area contributed by atoms with E-state index in [1.54, 1.807) is 42.6 Å². The molecular weight excluding hydrogens is 542 g/mol. The number of likely N-dealkylation sites (tertiary alicyclic amines) is 1. The van der Waals surface area contributed by atoms with Crippen molar-refractivity contribution in [2.75, 3.05) is 39.8 Å². The SMILES string of the molecule is CCCN(C(=O)OCc1ccccc1)C1CCN(CCC(CN(C)S(=O)(=O)c2ccccc2)c2ccsc2)CC1. The number of sulfonamides is 1. The predicted octanol–water partition coefficient (Wildman–Crippen LogP) is 6.06. The summed E-state index contributed by atoms with van der Waals surface area (Å²) in [6, 6.07) is 20.7. The van der Waals surface area contributed by atoms with Gasteiger partial charge in [-0.05, 0) is 78.2 Å². The lowest BCUT2D eigenvalue weighted by Crippen LogP contribution is -2.48. The predicted molar refractivity (Wildman–Crippen MR) is 161 cm³/mol. The van der Waals surface area contributed by atoms with Gasteiger partial charge in [-0.15, -0.1) is 0 Å². The van der Waals surface area contributed by atoms with Crippen LogP contribution in [0, 0.1) is 0 Å². The third kappa shape index (κ3) is 8.16. The molecule has 1 aliphatic heterocycles. The lowest BCUT2D eigenvalue weighted by Gasteiger charge is -2.38. The summed E-state index contributed by atoms with van der Waals surface area (Å²) in [7, 11) is -1.87. The third-order valence-electron chi connectivity index (χ3n) is 7.64. The molecule has 216 valence electrons. The molecule has 1 aromatic heterocycles. The van der Waals surface area contributed by atoms with Crippen molar-refractivity contribution in [3.8, 4) is 0 Å². The van der Waals surface area contributed by atoms with Crippen LogP contribution in [-0.2, 0) is 21.4 Å². The van der Waals surface area contributed by atoms with Crippen molar-refractivity contribution in [2.45, 2.75) is 56.1 Å². The smallest absolute Gasteiger partial charge is 0.410 e. The summed E-state index contributed by atoms with van der Waals surface area (Å²) in [6.07, 6.45) is 3.35. The van der Waals surface area contributed by atoms with Gasteiger partial charge in [0.25, 0.3) is 0 Å². The molecule has 0 bridgehead atoms. The van der Waals surface area contributed by atoms with Gasteiger partial charge in [-0.25, -0.2) is 17.5 Å². The van der Waals surface area contributed by atoms with Gasteiger partial charge in [0.15, 0.2) is 0 Å². The van der Waals surface area contributed by atoms with E-state index in [0.29, 0.717) is 18.0 Å². The van der Waals surface area contributed by atoms with Gasteiger partial charge < -0.3 is 14.5 Å². The molecule has 1 fully saturated rings. The van der Waals surface area contributed by atoms with E-state index in [9.17, 15) is 13.2 Å². The van der Waals surface area contributed by atoms with Gasteiger partial charge >= 0.3 is 6.09 Å². The average Bonchev–Trinajstić information content (AvgIpc) is 3.53. The quantitative estimate of drug-likeness (QED) is 0.245. The van der Waals surface area contributed by atoms with Crippen LogP contribution in [-0.4, -0.2) is 74.4 Å². The summed E-state index contributed by atoms with van der Waals surface area (Å²) >= 11 is 1.64. The summed E-state index contributed by atoms with van der Waals surface area (Å²) < 4.78 is 33.5. The molecule has 9 heteroatoms. The second-order valence-electron chi connectivity index (χ2n) is 10.4. The van der Waals surface area contributed by atoms with Gasteiger partial charge in [0.1, 0.15) is 6.61 Å². The first-order valence-electron chi connectivity index (χ1n) is 14.1. The Labute approximate surface area is 243 Å². The van der Waals surface area contributed by atoms with Crippen molar-refractivity contribution in [1.29, 1.82) is 0 Å². The number of carbonyl (C=O) groups excluding carboxylic acids is 1. The Balaban J connectivity index is 1.30. The highest BCUT2D eigenvalue weighted by Crippen LogP contribution is 2.27. The Morgan fingerprint density at radius 1 is 1.05 bits per heavy atom. The van der Waals surface area contributed by atoms with Crippen LogP contribution in [0.3, 0.4) is 0 Å². The van der Waals surface area contributed by atoms with E-state index in [1.807, 2.05) is 41.3 Å². The Hall–Kier alpha value is -2.72. The summed E-state index contributed by atoms with van der Waals surface area (Å²) in [4.78, 5) is 17.6. The van der Waals surface area contributed by atoms with Crippen LogP contribution in [0.2, 0.25) is 0 Å². The average molecular weight is 584 g/mol. The van der Waals surface area contributed by atoms with E-state index in [2.05, 4.69) is 28.7 Å². The van der Waals surface area contributed by atoms with Crippen LogP contribution < -0.4 is 0 Å². The van der Waals surface area contributed by atoms with Gasteiger partial charge in [-0.3, -0.25) is 0 Å². The van der Waals surface area contributed by atoms with Crippen molar-refractivity contribution < 1.29 is 17.9 Å². The molecule has 0 spiro atoms. The highest BCUT2D eigenvalue weighted by molar-refractivity contribution is 7.89. The first-order chi connectivity index (χ1) is 19.4. The van der Waals surface area contributed by atoms with Crippen LogP contribution in [0.5, 0.6) is 0 Å². The molecule has 4 rings (SSSR count). The number of ether oxygens (including phenoxy) is 1. The summed E-state index contributed by atoms with van der Waals surface area (Å²) in [5.41, 5.74) is 2.18. The van der Waals surface area contributed by atoms with Crippen LogP contribution in [0.4, 0.5) is 4.79 Å². The number of nitrogens with zero attached hydrogens (tertiary/aromatic N) is 3. The molecule has 0 radical (unpaired) electrons. The lowest BCUT2D eigenvalue weighted by molar-refractivity contribution is 0.0601. The fourth-order valence-corrected chi connectivity index (χ4v) is 7.29. The first kappa shape index (κ1) is 30.2. The molecule has 1 amide bonds. The van der Waals surface area contributed by atoms with Crippen molar-refractivity contribution in [3.05, 3.63) is 88.6 Å². The highest BCUT2D eigenvalue weighted by Gasteiger charge is 2.30. The molecule has 7 nitrogen and oxygen atoms in total. The van der Waals surface area contributed by atoms with E-state index in [0.717, 1.165) is 50.9 Å². The van der Waals surface area contributed by atoms with E-state index in [-0.39, 0.29) is 24.7 Å². The van der Waals surface area contributed by atoms with Gasteiger partial charge in [-0.1, -0.05) is 55.5 Å². The number of benzene rings is 2. The maximum absolute atomic E-state index is 13.2. The fraction of sp³-hybridized carbons (Fsp3) is 0.452. The van der Waals surface area contributed by atoms with E-state index < -0.39 is 10.0 Å². The molecule has 1 unspecified atom stereocenters. The zero-order valence-electron chi connectivity index (χ0n) is 23.5. The van der Waals surface area contributed by atoms with E-state index in [4.69, 9.17) is 4.74 Å². The number of thiophene rings is 1. The Morgan fingerprint density at radius 3 is 2.35 bits per heavy atom. The van der Waals surface area contributed by atoms with Gasteiger partial charge in [0.05, 0.1) is 4.90 Å².